The zero-order valence-electron chi connectivity index (χ0n) is 10.2. The third-order valence-corrected chi connectivity index (χ3v) is 3.21. The van der Waals surface area contributed by atoms with Crippen molar-refractivity contribution in [2.45, 2.75) is 20.3 Å². The van der Waals surface area contributed by atoms with Gasteiger partial charge in [-0.1, -0.05) is 0 Å². The van der Waals surface area contributed by atoms with E-state index in [1.165, 1.54) is 11.3 Å². The lowest BCUT2D eigenvalue weighted by molar-refractivity contribution is -0.130. The number of amides is 2. The molecule has 1 aromatic rings. The highest BCUT2D eigenvalue weighted by Gasteiger charge is 2.10. The van der Waals surface area contributed by atoms with E-state index < -0.39 is 0 Å². The van der Waals surface area contributed by atoms with Crippen LogP contribution < -0.4 is 5.32 Å². The normalized spacial score (nSPS) is 10.0. The Bertz CT molecular complexity index is 359. The molecule has 0 bridgehead atoms. The molecular weight excluding hydrogens is 236 g/mol. The number of thiophene rings is 1. The van der Waals surface area contributed by atoms with Gasteiger partial charge in [-0.3, -0.25) is 9.59 Å². The van der Waals surface area contributed by atoms with Crippen molar-refractivity contribution in [1.29, 1.82) is 0 Å². The molecule has 5 heteroatoms. The van der Waals surface area contributed by atoms with E-state index in [9.17, 15) is 9.59 Å². The van der Waals surface area contributed by atoms with Crippen molar-refractivity contribution in [2.75, 3.05) is 19.6 Å². The van der Waals surface area contributed by atoms with Gasteiger partial charge in [-0.15, -0.1) is 0 Å². The highest BCUT2D eigenvalue weighted by Crippen LogP contribution is 2.05. The zero-order chi connectivity index (χ0) is 12.7. The Morgan fingerprint density at radius 1 is 1.35 bits per heavy atom. The number of hydrogen-bond acceptors (Lipinski definition) is 3. The van der Waals surface area contributed by atoms with Crippen molar-refractivity contribution in [3.8, 4) is 0 Å². The molecule has 0 atom stereocenters. The van der Waals surface area contributed by atoms with Gasteiger partial charge >= 0.3 is 0 Å². The molecule has 0 aliphatic heterocycles. The summed E-state index contributed by atoms with van der Waals surface area (Å²) in [5.74, 6) is -0.0285. The summed E-state index contributed by atoms with van der Waals surface area (Å²) in [4.78, 5) is 25.0. The molecule has 0 spiro atoms. The van der Waals surface area contributed by atoms with Crippen LogP contribution in [0.3, 0.4) is 0 Å². The molecular formula is C12H18N2O2S. The van der Waals surface area contributed by atoms with Gasteiger partial charge in [0.05, 0.1) is 0 Å². The van der Waals surface area contributed by atoms with E-state index in [0.717, 1.165) is 0 Å². The lowest BCUT2D eigenvalue weighted by Crippen LogP contribution is -2.34. The SMILES string of the molecule is CCN(CC)C(=O)CCNC(=O)c1ccsc1. The van der Waals surface area contributed by atoms with Crippen molar-refractivity contribution in [3.63, 3.8) is 0 Å². The first kappa shape index (κ1) is 13.7. The maximum atomic E-state index is 11.7. The van der Waals surface area contributed by atoms with E-state index in [4.69, 9.17) is 0 Å². The molecule has 1 N–H and O–H groups in total. The van der Waals surface area contributed by atoms with E-state index in [0.29, 0.717) is 31.6 Å². The van der Waals surface area contributed by atoms with Crippen molar-refractivity contribution in [1.82, 2.24) is 10.2 Å². The molecule has 0 aliphatic rings. The summed E-state index contributed by atoms with van der Waals surface area (Å²) in [6.45, 7) is 5.72. The first-order valence-corrected chi connectivity index (χ1v) is 6.71. The lowest BCUT2D eigenvalue weighted by atomic mass is 10.3. The van der Waals surface area contributed by atoms with Gasteiger partial charge in [0.15, 0.2) is 0 Å². The third kappa shape index (κ3) is 4.19. The second-order valence-electron chi connectivity index (χ2n) is 3.58. The smallest absolute Gasteiger partial charge is 0.252 e. The van der Waals surface area contributed by atoms with Crippen LogP contribution in [-0.4, -0.2) is 36.3 Å². The summed E-state index contributed by atoms with van der Waals surface area (Å²) in [6, 6.07) is 1.77. The Morgan fingerprint density at radius 3 is 2.59 bits per heavy atom. The summed E-state index contributed by atoms with van der Waals surface area (Å²) in [5.41, 5.74) is 0.658. The molecule has 1 rings (SSSR count). The summed E-state index contributed by atoms with van der Waals surface area (Å²) < 4.78 is 0. The van der Waals surface area contributed by atoms with Crippen LogP contribution in [0.5, 0.6) is 0 Å². The van der Waals surface area contributed by atoms with E-state index in [-0.39, 0.29) is 11.8 Å². The number of hydrogen-bond donors (Lipinski definition) is 1. The molecule has 0 fully saturated rings. The second kappa shape index (κ2) is 7.06. The maximum absolute atomic E-state index is 11.7. The number of rotatable bonds is 6. The number of carbonyl (C=O) groups is 2. The monoisotopic (exact) mass is 254 g/mol. The average Bonchev–Trinajstić information content (AvgIpc) is 2.84. The predicted octanol–water partition coefficient (Wildman–Crippen LogP) is 1.74. The van der Waals surface area contributed by atoms with Crippen LogP contribution >= 0.6 is 11.3 Å². The summed E-state index contributed by atoms with van der Waals surface area (Å²) >= 11 is 1.48. The fraction of sp³-hybridized carbons (Fsp3) is 0.500. The third-order valence-electron chi connectivity index (χ3n) is 2.52. The highest BCUT2D eigenvalue weighted by molar-refractivity contribution is 7.08. The molecule has 17 heavy (non-hydrogen) atoms. The standard InChI is InChI=1S/C12H18N2O2S/c1-3-14(4-2)11(15)5-7-13-12(16)10-6-8-17-9-10/h6,8-9H,3-5,7H2,1-2H3,(H,13,16). The molecule has 94 valence electrons. The van der Waals surface area contributed by atoms with Crippen molar-refractivity contribution >= 4 is 23.2 Å². The molecule has 0 saturated heterocycles. The minimum absolute atomic E-state index is 0.0839. The van der Waals surface area contributed by atoms with Crippen molar-refractivity contribution in [3.05, 3.63) is 22.4 Å². The summed E-state index contributed by atoms with van der Waals surface area (Å²) in [6.07, 6.45) is 0.359. The molecule has 0 aromatic carbocycles. The Hall–Kier alpha value is -1.36. The van der Waals surface area contributed by atoms with Crippen molar-refractivity contribution < 1.29 is 9.59 Å². The van der Waals surface area contributed by atoms with E-state index in [1.807, 2.05) is 19.2 Å². The second-order valence-corrected chi connectivity index (χ2v) is 4.36. The number of nitrogens with zero attached hydrogens (tertiary/aromatic N) is 1. The molecule has 0 saturated carbocycles. The van der Waals surface area contributed by atoms with Gasteiger partial charge in [0.1, 0.15) is 0 Å². The van der Waals surface area contributed by atoms with Crippen LogP contribution in [0.2, 0.25) is 0 Å². The quantitative estimate of drug-likeness (QED) is 0.840. The van der Waals surface area contributed by atoms with Gasteiger partial charge in [0, 0.05) is 37.0 Å². The largest absolute Gasteiger partial charge is 0.351 e. The number of carbonyl (C=O) groups excluding carboxylic acids is 2. The summed E-state index contributed by atoms with van der Waals surface area (Å²) in [5, 5.41) is 6.39. The van der Waals surface area contributed by atoms with Crippen LogP contribution in [0, 0.1) is 0 Å². The molecule has 2 amide bonds. The topological polar surface area (TPSA) is 49.4 Å². The molecule has 1 aromatic heterocycles. The zero-order valence-corrected chi connectivity index (χ0v) is 11.0. The minimum Gasteiger partial charge on any atom is -0.351 e. The van der Waals surface area contributed by atoms with Crippen molar-refractivity contribution in [2.24, 2.45) is 0 Å². The fourth-order valence-electron chi connectivity index (χ4n) is 1.51. The van der Waals surface area contributed by atoms with Crippen LogP contribution in [0.25, 0.3) is 0 Å². The lowest BCUT2D eigenvalue weighted by Gasteiger charge is -2.18. The Labute approximate surface area is 106 Å². The van der Waals surface area contributed by atoms with E-state index in [1.54, 1.807) is 16.3 Å². The minimum atomic E-state index is -0.112. The first-order chi connectivity index (χ1) is 8.19. The van der Waals surface area contributed by atoms with Gasteiger partial charge < -0.3 is 10.2 Å². The predicted molar refractivity (Wildman–Crippen MR) is 69.2 cm³/mol. The van der Waals surface area contributed by atoms with Gasteiger partial charge in [0.2, 0.25) is 5.91 Å². The van der Waals surface area contributed by atoms with Crippen LogP contribution in [0.15, 0.2) is 16.8 Å². The van der Waals surface area contributed by atoms with Gasteiger partial charge in [-0.05, 0) is 25.3 Å². The van der Waals surface area contributed by atoms with Crippen LogP contribution in [0.4, 0.5) is 0 Å². The molecule has 0 radical (unpaired) electrons. The van der Waals surface area contributed by atoms with Gasteiger partial charge in [-0.25, -0.2) is 0 Å². The fourth-order valence-corrected chi connectivity index (χ4v) is 2.15. The average molecular weight is 254 g/mol. The van der Waals surface area contributed by atoms with E-state index in [2.05, 4.69) is 5.32 Å². The van der Waals surface area contributed by atoms with Gasteiger partial charge in [0.25, 0.3) is 5.91 Å². The maximum Gasteiger partial charge on any atom is 0.252 e. The molecule has 1 heterocycles. The Kier molecular flexibility index (Phi) is 5.69. The van der Waals surface area contributed by atoms with E-state index >= 15 is 0 Å². The van der Waals surface area contributed by atoms with Crippen LogP contribution in [-0.2, 0) is 4.79 Å². The summed E-state index contributed by atoms with van der Waals surface area (Å²) in [7, 11) is 0. The molecule has 0 unspecified atom stereocenters. The molecule has 4 nitrogen and oxygen atoms in total. The first-order valence-electron chi connectivity index (χ1n) is 5.77. The Morgan fingerprint density at radius 2 is 2.06 bits per heavy atom. The van der Waals surface area contributed by atoms with Gasteiger partial charge in [-0.2, -0.15) is 11.3 Å². The Balaban J connectivity index is 2.28. The van der Waals surface area contributed by atoms with Crippen LogP contribution in [0.1, 0.15) is 30.6 Å². The highest BCUT2D eigenvalue weighted by atomic mass is 32.1. The number of nitrogens with one attached hydrogen (secondary N) is 1. The molecule has 0 aliphatic carbocycles.